The number of aromatic nitrogens is 2. The zero-order chi connectivity index (χ0) is 20.4. The van der Waals surface area contributed by atoms with Gasteiger partial charge in [-0.1, -0.05) is 17.3 Å². The van der Waals surface area contributed by atoms with Crippen molar-refractivity contribution < 1.29 is 23.2 Å². The number of fused-ring (bicyclic) bond motifs is 1. The fourth-order valence-corrected chi connectivity index (χ4v) is 3.12. The number of pyridine rings is 1. The van der Waals surface area contributed by atoms with Gasteiger partial charge in [-0.2, -0.15) is 0 Å². The number of hydrogen-bond acceptors (Lipinski definition) is 6. The Morgan fingerprint density at radius 2 is 2.03 bits per heavy atom. The van der Waals surface area contributed by atoms with Crippen LogP contribution in [0.1, 0.15) is 46.1 Å². The number of nitrogens with zero attached hydrogens (tertiary/aromatic N) is 2. The summed E-state index contributed by atoms with van der Waals surface area (Å²) < 4.78 is 23.3. The monoisotopic (exact) mass is 397 g/mol. The predicted molar refractivity (Wildman–Crippen MR) is 102 cm³/mol. The number of carbonyl (C=O) groups excluding carboxylic acids is 2. The first kappa shape index (κ1) is 19.0. The van der Waals surface area contributed by atoms with Gasteiger partial charge in [0.2, 0.25) is 0 Å². The van der Waals surface area contributed by atoms with E-state index in [-0.39, 0.29) is 5.82 Å². The Morgan fingerprint density at radius 3 is 2.76 bits per heavy atom. The topological polar surface area (TPSA) is 94.3 Å². The highest BCUT2D eigenvalue weighted by molar-refractivity contribution is 6.03. The lowest BCUT2D eigenvalue weighted by molar-refractivity contribution is -0.124. The third-order valence-electron chi connectivity index (χ3n) is 4.84. The van der Waals surface area contributed by atoms with Crippen molar-refractivity contribution in [2.24, 2.45) is 0 Å². The summed E-state index contributed by atoms with van der Waals surface area (Å²) in [4.78, 5) is 29.0. The van der Waals surface area contributed by atoms with Crippen molar-refractivity contribution in [1.82, 2.24) is 15.5 Å². The van der Waals surface area contributed by atoms with Crippen molar-refractivity contribution in [2.75, 3.05) is 13.2 Å². The molecule has 29 heavy (non-hydrogen) atoms. The van der Waals surface area contributed by atoms with E-state index in [4.69, 9.17) is 9.26 Å². The highest BCUT2D eigenvalue weighted by Crippen LogP contribution is 2.40. The van der Waals surface area contributed by atoms with Crippen molar-refractivity contribution in [3.63, 3.8) is 0 Å². The van der Waals surface area contributed by atoms with Gasteiger partial charge >= 0.3 is 5.97 Å². The summed E-state index contributed by atoms with van der Waals surface area (Å²) in [6, 6.07) is 7.77. The number of aryl methyl sites for hydroxylation is 1. The third kappa shape index (κ3) is 4.42. The quantitative estimate of drug-likeness (QED) is 0.616. The second-order valence-corrected chi connectivity index (χ2v) is 7.12. The van der Waals surface area contributed by atoms with Gasteiger partial charge in [0.25, 0.3) is 11.6 Å². The molecule has 1 amide bonds. The number of nitrogens with one attached hydrogen (secondary N) is 1. The van der Waals surface area contributed by atoms with Gasteiger partial charge in [0.15, 0.2) is 6.61 Å². The van der Waals surface area contributed by atoms with E-state index in [0.29, 0.717) is 41.2 Å². The fraction of sp³-hybridized carbons (Fsp3) is 0.333. The van der Waals surface area contributed by atoms with Crippen LogP contribution in [0.5, 0.6) is 0 Å². The normalized spacial score (nSPS) is 13.4. The van der Waals surface area contributed by atoms with E-state index in [1.807, 2.05) is 0 Å². The second kappa shape index (κ2) is 7.98. The Bertz CT molecular complexity index is 1060. The van der Waals surface area contributed by atoms with Gasteiger partial charge in [0.1, 0.15) is 5.82 Å². The molecule has 1 aliphatic carbocycles. The molecule has 0 atom stereocenters. The van der Waals surface area contributed by atoms with Gasteiger partial charge in [-0.3, -0.25) is 4.79 Å². The molecule has 1 aliphatic rings. The maximum absolute atomic E-state index is 12.9. The number of carbonyl (C=O) groups is 2. The number of amides is 1. The van der Waals surface area contributed by atoms with Gasteiger partial charge in [0.05, 0.1) is 16.6 Å². The largest absolute Gasteiger partial charge is 0.452 e. The molecule has 0 unspecified atom stereocenters. The molecule has 150 valence electrons. The van der Waals surface area contributed by atoms with Crippen LogP contribution in [0.25, 0.3) is 11.1 Å². The minimum absolute atomic E-state index is 0.303. The van der Waals surface area contributed by atoms with Crippen LogP contribution in [-0.4, -0.2) is 35.2 Å². The van der Waals surface area contributed by atoms with E-state index in [0.717, 1.165) is 24.1 Å². The lowest BCUT2D eigenvalue weighted by Gasteiger charge is -2.08. The third-order valence-corrected chi connectivity index (χ3v) is 4.84. The Morgan fingerprint density at radius 1 is 1.28 bits per heavy atom. The molecular formula is C21H20FN3O4. The maximum Gasteiger partial charge on any atom is 0.339 e. The summed E-state index contributed by atoms with van der Waals surface area (Å²) in [6.07, 6.45) is 2.60. The summed E-state index contributed by atoms with van der Waals surface area (Å²) in [5, 5.41) is 7.07. The van der Waals surface area contributed by atoms with Crippen molar-refractivity contribution in [2.45, 2.75) is 32.1 Å². The van der Waals surface area contributed by atoms with Crippen LogP contribution in [0, 0.1) is 12.7 Å². The molecule has 1 fully saturated rings. The number of hydrogen-bond donors (Lipinski definition) is 1. The van der Waals surface area contributed by atoms with Crippen LogP contribution in [0.4, 0.5) is 4.39 Å². The predicted octanol–water partition coefficient (Wildman–Crippen LogP) is 3.06. The molecule has 1 saturated carbocycles. The molecule has 0 spiro atoms. The molecule has 0 aliphatic heterocycles. The standard InChI is InChI=1S/C21H20FN3O4/c1-12-19-16(10-17(14-4-5-14)24-20(19)29-25-12)21(27)28-11-18(26)23-9-8-13-2-6-15(22)7-3-13/h2-3,6-7,10,14H,4-5,8-9,11H2,1H3,(H,23,26). The lowest BCUT2D eigenvalue weighted by atomic mass is 10.1. The van der Waals surface area contributed by atoms with Crippen LogP contribution in [0.3, 0.4) is 0 Å². The lowest BCUT2D eigenvalue weighted by Crippen LogP contribution is -2.30. The molecule has 2 heterocycles. The van der Waals surface area contributed by atoms with Crippen LogP contribution >= 0.6 is 0 Å². The number of benzene rings is 1. The first-order valence-electron chi connectivity index (χ1n) is 9.46. The minimum Gasteiger partial charge on any atom is -0.452 e. The van der Waals surface area contributed by atoms with Gasteiger partial charge in [0, 0.05) is 18.2 Å². The number of halogens is 1. The van der Waals surface area contributed by atoms with Gasteiger partial charge in [-0.15, -0.1) is 0 Å². The van der Waals surface area contributed by atoms with E-state index in [2.05, 4.69) is 15.5 Å². The molecular weight excluding hydrogens is 377 g/mol. The molecule has 3 aromatic rings. The van der Waals surface area contributed by atoms with E-state index in [1.54, 1.807) is 25.1 Å². The first-order chi connectivity index (χ1) is 14.0. The summed E-state index contributed by atoms with van der Waals surface area (Å²) >= 11 is 0. The minimum atomic E-state index is -0.612. The Hall–Kier alpha value is -3.29. The molecule has 1 aromatic carbocycles. The van der Waals surface area contributed by atoms with Gasteiger partial charge in [-0.05, 0) is 49.9 Å². The summed E-state index contributed by atoms with van der Waals surface area (Å²) in [5.41, 5.74) is 2.85. The van der Waals surface area contributed by atoms with Crippen LogP contribution < -0.4 is 5.32 Å². The zero-order valence-electron chi connectivity index (χ0n) is 15.9. The van der Waals surface area contributed by atoms with E-state index < -0.39 is 18.5 Å². The molecule has 2 aromatic heterocycles. The molecule has 1 N–H and O–H groups in total. The average Bonchev–Trinajstić information content (AvgIpc) is 3.50. The molecule has 0 radical (unpaired) electrons. The van der Waals surface area contributed by atoms with Crippen LogP contribution in [0.2, 0.25) is 0 Å². The SMILES string of the molecule is Cc1noc2nc(C3CC3)cc(C(=O)OCC(=O)NCCc3ccc(F)cc3)c12. The van der Waals surface area contributed by atoms with Crippen LogP contribution in [0.15, 0.2) is 34.9 Å². The van der Waals surface area contributed by atoms with Crippen molar-refractivity contribution in [3.05, 3.63) is 58.7 Å². The summed E-state index contributed by atoms with van der Waals surface area (Å²) in [7, 11) is 0. The van der Waals surface area contributed by atoms with Crippen molar-refractivity contribution >= 4 is 23.0 Å². The summed E-state index contributed by atoms with van der Waals surface area (Å²) in [5.74, 6) is -0.997. The average molecular weight is 397 g/mol. The number of esters is 1. The highest BCUT2D eigenvalue weighted by atomic mass is 19.1. The Balaban J connectivity index is 1.35. The molecule has 7 nitrogen and oxygen atoms in total. The number of rotatable bonds is 7. The maximum atomic E-state index is 12.9. The number of ether oxygens (including phenoxy) is 1. The zero-order valence-corrected chi connectivity index (χ0v) is 15.9. The van der Waals surface area contributed by atoms with E-state index in [1.165, 1.54) is 12.1 Å². The van der Waals surface area contributed by atoms with Gasteiger partial charge in [-0.25, -0.2) is 14.2 Å². The Labute approximate surface area is 166 Å². The van der Waals surface area contributed by atoms with Crippen LogP contribution in [-0.2, 0) is 16.0 Å². The van der Waals surface area contributed by atoms with Gasteiger partial charge < -0.3 is 14.6 Å². The van der Waals surface area contributed by atoms with E-state index in [9.17, 15) is 14.0 Å². The molecule has 0 saturated heterocycles. The fourth-order valence-electron chi connectivity index (χ4n) is 3.12. The second-order valence-electron chi connectivity index (χ2n) is 7.12. The van der Waals surface area contributed by atoms with E-state index >= 15 is 0 Å². The first-order valence-corrected chi connectivity index (χ1v) is 9.46. The van der Waals surface area contributed by atoms with Crippen molar-refractivity contribution in [1.29, 1.82) is 0 Å². The molecule has 8 heteroatoms. The molecule has 4 rings (SSSR count). The highest BCUT2D eigenvalue weighted by Gasteiger charge is 2.29. The smallest absolute Gasteiger partial charge is 0.339 e. The van der Waals surface area contributed by atoms with Crippen molar-refractivity contribution in [3.8, 4) is 0 Å². The molecule has 0 bridgehead atoms. The Kier molecular flexibility index (Phi) is 5.24. The summed E-state index contributed by atoms with van der Waals surface area (Å²) in [6.45, 7) is 1.69.